The molecule has 9 heteroatoms. The fraction of sp³-hybridized carbons (Fsp3) is 0.211. The van der Waals surface area contributed by atoms with Crippen LogP contribution in [0.2, 0.25) is 0 Å². The fourth-order valence-electron chi connectivity index (χ4n) is 2.55. The summed E-state index contributed by atoms with van der Waals surface area (Å²) in [4.78, 5) is 26.7. The zero-order valence-electron chi connectivity index (χ0n) is 15.0. The van der Waals surface area contributed by atoms with E-state index in [1.54, 1.807) is 18.2 Å². The van der Waals surface area contributed by atoms with Gasteiger partial charge in [0.1, 0.15) is 5.69 Å². The van der Waals surface area contributed by atoms with Crippen LogP contribution in [-0.4, -0.2) is 34.1 Å². The van der Waals surface area contributed by atoms with Crippen molar-refractivity contribution in [3.63, 3.8) is 0 Å². The number of hydrogen-bond donors (Lipinski definition) is 2. The smallest absolute Gasteiger partial charge is 0.292 e. The Labute approximate surface area is 160 Å². The van der Waals surface area contributed by atoms with E-state index in [2.05, 4.69) is 20.8 Å². The Morgan fingerprint density at radius 1 is 1.07 bits per heavy atom. The molecule has 0 aliphatic rings. The highest BCUT2D eigenvalue weighted by Crippen LogP contribution is 2.22. The largest absolute Gasteiger partial charge is 0.378 e. The lowest BCUT2D eigenvalue weighted by Crippen LogP contribution is -2.29. The highest BCUT2D eigenvalue weighted by molar-refractivity contribution is 5.76. The Kier molecular flexibility index (Phi) is 6.29. The SMILES string of the molecule is O=C(CCc1nc(-c2ccccc2)no1)NCCNc1ccccc1[N+](=O)[O-]. The van der Waals surface area contributed by atoms with Gasteiger partial charge in [-0.3, -0.25) is 14.9 Å². The van der Waals surface area contributed by atoms with Crippen molar-refractivity contribution in [3.05, 3.63) is 70.6 Å². The van der Waals surface area contributed by atoms with Crippen LogP contribution in [0, 0.1) is 10.1 Å². The van der Waals surface area contributed by atoms with Crippen molar-refractivity contribution >= 4 is 17.3 Å². The van der Waals surface area contributed by atoms with Crippen molar-refractivity contribution in [2.24, 2.45) is 0 Å². The summed E-state index contributed by atoms with van der Waals surface area (Å²) >= 11 is 0. The van der Waals surface area contributed by atoms with Gasteiger partial charge in [0.05, 0.1) is 4.92 Å². The van der Waals surface area contributed by atoms with Gasteiger partial charge in [0, 0.05) is 37.6 Å². The van der Waals surface area contributed by atoms with Crippen LogP contribution < -0.4 is 10.6 Å². The van der Waals surface area contributed by atoms with Crippen molar-refractivity contribution in [3.8, 4) is 11.4 Å². The number of aromatic nitrogens is 2. The van der Waals surface area contributed by atoms with E-state index in [0.717, 1.165) is 5.56 Å². The summed E-state index contributed by atoms with van der Waals surface area (Å²) in [5.74, 6) is 0.723. The maximum absolute atomic E-state index is 11.9. The molecule has 0 aliphatic heterocycles. The van der Waals surface area contributed by atoms with E-state index in [9.17, 15) is 14.9 Å². The number of nitrogens with one attached hydrogen (secondary N) is 2. The Balaban J connectivity index is 1.40. The molecule has 1 aromatic heterocycles. The van der Waals surface area contributed by atoms with Crippen molar-refractivity contribution in [1.82, 2.24) is 15.5 Å². The van der Waals surface area contributed by atoms with E-state index in [0.29, 0.717) is 36.9 Å². The number of anilines is 1. The van der Waals surface area contributed by atoms with E-state index in [1.165, 1.54) is 6.07 Å². The number of benzene rings is 2. The molecule has 0 bridgehead atoms. The van der Waals surface area contributed by atoms with Gasteiger partial charge in [0.2, 0.25) is 17.6 Å². The molecule has 3 aromatic rings. The first kappa shape index (κ1) is 19.0. The number of nitro benzene ring substituents is 1. The number of amides is 1. The third kappa shape index (κ3) is 5.13. The quantitative estimate of drug-likeness (QED) is 0.332. The average Bonchev–Trinajstić information content (AvgIpc) is 3.20. The second-order valence-electron chi connectivity index (χ2n) is 5.93. The lowest BCUT2D eigenvalue weighted by Gasteiger charge is -2.08. The van der Waals surface area contributed by atoms with Gasteiger partial charge in [-0.1, -0.05) is 47.6 Å². The Bertz CT molecular complexity index is 942. The van der Waals surface area contributed by atoms with E-state index in [1.807, 2.05) is 30.3 Å². The van der Waals surface area contributed by atoms with Crippen molar-refractivity contribution in [2.45, 2.75) is 12.8 Å². The molecular formula is C19H19N5O4. The fourth-order valence-corrected chi connectivity index (χ4v) is 2.55. The van der Waals surface area contributed by atoms with Gasteiger partial charge in [-0.05, 0) is 6.07 Å². The van der Waals surface area contributed by atoms with Crippen LogP contribution in [0.3, 0.4) is 0 Å². The molecule has 28 heavy (non-hydrogen) atoms. The molecule has 0 aliphatic carbocycles. The third-order valence-corrected chi connectivity index (χ3v) is 3.93. The monoisotopic (exact) mass is 381 g/mol. The molecule has 0 fully saturated rings. The number of carbonyl (C=O) groups excluding carboxylic acids is 1. The number of para-hydroxylation sites is 2. The molecule has 3 rings (SSSR count). The summed E-state index contributed by atoms with van der Waals surface area (Å²) in [5, 5.41) is 20.6. The molecule has 144 valence electrons. The molecule has 0 unspecified atom stereocenters. The van der Waals surface area contributed by atoms with E-state index in [-0.39, 0.29) is 18.0 Å². The van der Waals surface area contributed by atoms with E-state index >= 15 is 0 Å². The zero-order valence-corrected chi connectivity index (χ0v) is 15.0. The first-order chi connectivity index (χ1) is 13.6. The van der Waals surface area contributed by atoms with E-state index in [4.69, 9.17) is 4.52 Å². The molecule has 1 amide bonds. The molecule has 9 nitrogen and oxygen atoms in total. The Morgan fingerprint density at radius 3 is 2.61 bits per heavy atom. The second kappa shape index (κ2) is 9.26. The van der Waals surface area contributed by atoms with Crippen LogP contribution >= 0.6 is 0 Å². The van der Waals surface area contributed by atoms with Gasteiger partial charge >= 0.3 is 0 Å². The summed E-state index contributed by atoms with van der Waals surface area (Å²) in [7, 11) is 0. The average molecular weight is 381 g/mol. The van der Waals surface area contributed by atoms with Crippen LogP contribution in [-0.2, 0) is 11.2 Å². The van der Waals surface area contributed by atoms with Gasteiger partial charge in [-0.2, -0.15) is 4.98 Å². The van der Waals surface area contributed by atoms with Gasteiger partial charge in [0.15, 0.2) is 0 Å². The van der Waals surface area contributed by atoms with Crippen LogP contribution in [0.4, 0.5) is 11.4 Å². The number of nitro groups is 1. The normalized spacial score (nSPS) is 10.4. The lowest BCUT2D eigenvalue weighted by molar-refractivity contribution is -0.384. The number of nitrogens with zero attached hydrogens (tertiary/aromatic N) is 3. The summed E-state index contributed by atoms with van der Waals surface area (Å²) in [6.45, 7) is 0.708. The zero-order chi connectivity index (χ0) is 19.8. The van der Waals surface area contributed by atoms with Gasteiger partial charge in [0.25, 0.3) is 5.69 Å². The summed E-state index contributed by atoms with van der Waals surface area (Å²) in [6, 6.07) is 15.8. The van der Waals surface area contributed by atoms with Gasteiger partial charge in [-0.25, -0.2) is 0 Å². The summed E-state index contributed by atoms with van der Waals surface area (Å²) < 4.78 is 5.17. The first-order valence-corrected chi connectivity index (χ1v) is 8.75. The predicted molar refractivity (Wildman–Crippen MR) is 103 cm³/mol. The second-order valence-corrected chi connectivity index (χ2v) is 5.93. The highest BCUT2D eigenvalue weighted by atomic mass is 16.6. The van der Waals surface area contributed by atoms with Crippen molar-refractivity contribution in [1.29, 1.82) is 0 Å². The van der Waals surface area contributed by atoms with Crippen molar-refractivity contribution in [2.75, 3.05) is 18.4 Å². The van der Waals surface area contributed by atoms with E-state index < -0.39 is 4.92 Å². The minimum absolute atomic E-state index is 0.000518. The molecule has 0 spiro atoms. The predicted octanol–water partition coefficient (Wildman–Crippen LogP) is 2.81. The number of aryl methyl sites for hydroxylation is 1. The topological polar surface area (TPSA) is 123 Å². The Hall–Kier alpha value is -3.75. The van der Waals surface area contributed by atoms with Crippen LogP contribution in [0.15, 0.2) is 59.1 Å². The highest BCUT2D eigenvalue weighted by Gasteiger charge is 2.12. The minimum atomic E-state index is -0.449. The molecule has 0 radical (unpaired) electrons. The number of rotatable bonds is 9. The van der Waals surface area contributed by atoms with Crippen LogP contribution in [0.25, 0.3) is 11.4 Å². The van der Waals surface area contributed by atoms with Gasteiger partial charge < -0.3 is 15.2 Å². The molecule has 1 heterocycles. The van der Waals surface area contributed by atoms with Crippen molar-refractivity contribution < 1.29 is 14.2 Å². The van der Waals surface area contributed by atoms with Crippen LogP contribution in [0.1, 0.15) is 12.3 Å². The Morgan fingerprint density at radius 2 is 1.82 bits per heavy atom. The lowest BCUT2D eigenvalue weighted by atomic mass is 10.2. The maximum Gasteiger partial charge on any atom is 0.292 e. The molecule has 0 saturated heterocycles. The number of carbonyl (C=O) groups is 1. The molecule has 0 atom stereocenters. The third-order valence-electron chi connectivity index (χ3n) is 3.93. The summed E-state index contributed by atoms with van der Waals surface area (Å²) in [5.41, 5.74) is 1.27. The molecule has 0 saturated carbocycles. The standard InChI is InChI=1S/C19H19N5O4/c25-17(21-13-12-20-15-8-4-5-9-16(15)24(26)27)10-11-18-22-19(23-28-18)14-6-2-1-3-7-14/h1-9,20H,10-13H2,(H,21,25). The molecular weight excluding hydrogens is 362 g/mol. The number of hydrogen-bond acceptors (Lipinski definition) is 7. The first-order valence-electron chi connectivity index (χ1n) is 8.75. The molecule has 2 N–H and O–H groups in total. The van der Waals surface area contributed by atoms with Crippen LogP contribution in [0.5, 0.6) is 0 Å². The maximum atomic E-state index is 11.9. The molecule has 2 aromatic carbocycles. The summed E-state index contributed by atoms with van der Waals surface area (Å²) in [6.07, 6.45) is 0.547. The van der Waals surface area contributed by atoms with Gasteiger partial charge in [-0.15, -0.1) is 0 Å². The minimum Gasteiger partial charge on any atom is -0.378 e.